The monoisotopic (exact) mass is 457 g/mol. The molecule has 0 unspecified atom stereocenters. The minimum absolute atomic E-state index is 0.0270. The van der Waals surface area contributed by atoms with Crippen molar-refractivity contribution in [2.75, 3.05) is 6.54 Å². The van der Waals surface area contributed by atoms with Crippen LogP contribution in [0.25, 0.3) is 5.65 Å². The van der Waals surface area contributed by atoms with Crippen LogP contribution in [-0.4, -0.2) is 33.3 Å². The van der Waals surface area contributed by atoms with Crippen molar-refractivity contribution in [3.8, 4) is 6.07 Å². The minimum Gasteiger partial charge on any atom is -0.350 e. The van der Waals surface area contributed by atoms with E-state index in [9.17, 15) is 32.0 Å². The molecule has 3 N–H and O–H groups in total. The fourth-order valence-corrected chi connectivity index (χ4v) is 3.85. The fraction of sp³-hybridized carbons (Fsp3) is 0.571. The third-order valence-electron chi connectivity index (χ3n) is 5.48. The van der Waals surface area contributed by atoms with Gasteiger partial charge in [0.25, 0.3) is 5.91 Å². The maximum Gasteiger partial charge on any atom is 0.435 e. The summed E-state index contributed by atoms with van der Waals surface area (Å²) in [5.41, 5.74) is 3.26. The van der Waals surface area contributed by atoms with Gasteiger partial charge in [0, 0.05) is 30.5 Å². The third kappa shape index (κ3) is 5.35. The maximum absolute atomic E-state index is 13.7. The first kappa shape index (κ1) is 23.9. The quantitative estimate of drug-likeness (QED) is 0.662. The number of pyridine rings is 1. The molecule has 0 aliphatic heterocycles. The van der Waals surface area contributed by atoms with Crippen molar-refractivity contribution < 1.29 is 26.7 Å². The van der Waals surface area contributed by atoms with Crippen LogP contribution in [0.2, 0.25) is 0 Å². The molecule has 1 amide bonds. The van der Waals surface area contributed by atoms with Gasteiger partial charge in [0.2, 0.25) is 5.92 Å². The number of amides is 1. The number of nitrogens with zero attached hydrogens (tertiary/aromatic N) is 3. The van der Waals surface area contributed by atoms with Gasteiger partial charge in [-0.15, -0.1) is 0 Å². The van der Waals surface area contributed by atoms with Crippen LogP contribution in [0.4, 0.5) is 22.0 Å². The normalized spacial score (nSPS) is 17.3. The summed E-state index contributed by atoms with van der Waals surface area (Å²) >= 11 is 0. The number of hydrogen-bond donors (Lipinski definition) is 2. The summed E-state index contributed by atoms with van der Waals surface area (Å²) in [6.07, 6.45) is -5.57. The summed E-state index contributed by atoms with van der Waals surface area (Å²) in [5, 5.41) is 12.2. The highest BCUT2D eigenvalue weighted by Gasteiger charge is 2.41. The predicted molar refractivity (Wildman–Crippen MR) is 106 cm³/mol. The molecule has 2 aromatic rings. The lowest BCUT2D eigenvalue weighted by Crippen LogP contribution is -2.45. The van der Waals surface area contributed by atoms with Crippen molar-refractivity contribution in [1.82, 2.24) is 14.7 Å². The maximum atomic E-state index is 13.7. The van der Waals surface area contributed by atoms with Gasteiger partial charge in [-0.25, -0.2) is 13.8 Å². The third-order valence-corrected chi connectivity index (χ3v) is 5.48. The van der Waals surface area contributed by atoms with Crippen LogP contribution in [0, 0.1) is 17.2 Å². The van der Waals surface area contributed by atoms with Gasteiger partial charge < -0.3 is 11.1 Å². The number of nitrogens with one attached hydrogen (secondary N) is 1. The zero-order chi connectivity index (χ0) is 23.9. The molecule has 1 aliphatic rings. The summed E-state index contributed by atoms with van der Waals surface area (Å²) < 4.78 is 69.2. The number of carbonyl (C=O) groups is 1. The van der Waals surface area contributed by atoms with Crippen LogP contribution in [0.5, 0.6) is 0 Å². The number of rotatable bonds is 5. The highest BCUT2D eigenvalue weighted by molar-refractivity contribution is 5.95. The molecule has 32 heavy (non-hydrogen) atoms. The van der Waals surface area contributed by atoms with Gasteiger partial charge >= 0.3 is 6.18 Å². The molecule has 0 bridgehead atoms. The Labute approximate surface area is 181 Å². The molecule has 0 aromatic carbocycles. The second-order valence-corrected chi connectivity index (χ2v) is 9.01. The van der Waals surface area contributed by atoms with Crippen molar-refractivity contribution in [1.29, 1.82) is 5.26 Å². The molecule has 0 radical (unpaired) electrons. The second kappa shape index (κ2) is 8.31. The van der Waals surface area contributed by atoms with Crippen molar-refractivity contribution in [3.05, 3.63) is 34.8 Å². The molecule has 174 valence electrons. The number of fused-ring (bicyclic) bond motifs is 1. The molecule has 2 aromatic heterocycles. The van der Waals surface area contributed by atoms with Gasteiger partial charge in [0.15, 0.2) is 5.69 Å². The lowest BCUT2D eigenvalue weighted by atomic mass is 9.83. The predicted octanol–water partition coefficient (Wildman–Crippen LogP) is 4.06. The van der Waals surface area contributed by atoms with Crippen molar-refractivity contribution in [3.63, 3.8) is 0 Å². The summed E-state index contributed by atoms with van der Waals surface area (Å²) in [6.45, 7) is 3.49. The Balaban J connectivity index is 2.03. The van der Waals surface area contributed by atoms with Gasteiger partial charge in [-0.1, -0.05) is 0 Å². The van der Waals surface area contributed by atoms with Gasteiger partial charge in [0.05, 0.1) is 5.69 Å². The van der Waals surface area contributed by atoms with Crippen LogP contribution in [0.15, 0.2) is 12.1 Å². The van der Waals surface area contributed by atoms with E-state index < -0.39 is 35.2 Å². The van der Waals surface area contributed by atoms with Crippen LogP contribution in [-0.2, 0) is 12.6 Å². The largest absolute Gasteiger partial charge is 0.435 e. The Morgan fingerprint density at radius 1 is 1.31 bits per heavy atom. The molecule has 6 nitrogen and oxygen atoms in total. The first-order valence-electron chi connectivity index (χ1n) is 10.2. The molecule has 0 atom stereocenters. The molecular weight excluding hydrogens is 433 g/mol. The summed E-state index contributed by atoms with van der Waals surface area (Å²) in [7, 11) is 0. The Morgan fingerprint density at radius 2 is 1.94 bits per heavy atom. The highest BCUT2D eigenvalue weighted by atomic mass is 19.4. The Kier molecular flexibility index (Phi) is 6.21. The lowest BCUT2D eigenvalue weighted by Gasteiger charge is -2.28. The summed E-state index contributed by atoms with van der Waals surface area (Å²) in [4.78, 5) is 16.1. The van der Waals surface area contributed by atoms with Gasteiger partial charge in [0.1, 0.15) is 17.4 Å². The van der Waals surface area contributed by atoms with Crippen molar-refractivity contribution in [2.24, 2.45) is 11.7 Å². The number of aromatic nitrogens is 2. The molecule has 11 heteroatoms. The molecule has 1 aliphatic carbocycles. The number of carbonyl (C=O) groups excluding carboxylic acids is 1. The van der Waals surface area contributed by atoms with E-state index in [1.807, 2.05) is 6.07 Å². The number of alkyl halides is 5. The Morgan fingerprint density at radius 3 is 2.47 bits per heavy atom. The standard InChI is InChI=1S/C21H24F5N5O/c1-19(2,28)11-29-18(32)13-8-14(10-27)31-15(7-12-3-5-20(22,23)6-4-12)17(21(24,25)26)30-16(31)9-13/h8-9,12H,3-7,11,28H2,1-2H3,(H,29,32). The highest BCUT2D eigenvalue weighted by Crippen LogP contribution is 2.40. The number of nitriles is 1. The first-order valence-corrected chi connectivity index (χ1v) is 10.2. The summed E-state index contributed by atoms with van der Waals surface area (Å²) in [5.74, 6) is -3.80. The smallest absolute Gasteiger partial charge is 0.350 e. The van der Waals surface area contributed by atoms with Gasteiger partial charge in [-0.3, -0.25) is 9.20 Å². The van der Waals surface area contributed by atoms with E-state index in [1.165, 1.54) is 12.1 Å². The summed E-state index contributed by atoms with van der Waals surface area (Å²) in [6, 6.07) is 4.18. The van der Waals surface area contributed by atoms with E-state index in [2.05, 4.69) is 10.3 Å². The lowest BCUT2D eigenvalue weighted by molar-refractivity contribution is -0.141. The van der Waals surface area contributed by atoms with Gasteiger partial charge in [-0.2, -0.15) is 18.4 Å². The Hall–Kier alpha value is -2.74. The zero-order valence-corrected chi connectivity index (χ0v) is 17.7. The zero-order valence-electron chi connectivity index (χ0n) is 17.7. The van der Waals surface area contributed by atoms with E-state index >= 15 is 0 Å². The number of halogens is 5. The SMILES string of the molecule is CC(C)(N)CNC(=O)c1cc(C#N)n2c(CC3CCC(F)(F)CC3)c(C(F)(F)F)nc2c1. The van der Waals surface area contributed by atoms with E-state index in [1.54, 1.807) is 13.8 Å². The van der Waals surface area contributed by atoms with Crippen LogP contribution in [0.3, 0.4) is 0 Å². The number of hydrogen-bond acceptors (Lipinski definition) is 4. The van der Waals surface area contributed by atoms with Crippen molar-refractivity contribution in [2.45, 2.75) is 63.6 Å². The topological polar surface area (TPSA) is 96.2 Å². The molecular formula is C21H24F5N5O. The van der Waals surface area contributed by atoms with E-state index in [0.717, 1.165) is 4.40 Å². The number of imidazole rings is 1. The molecule has 0 spiro atoms. The molecule has 2 heterocycles. The Bertz CT molecular complexity index is 1050. The van der Waals surface area contributed by atoms with E-state index in [-0.39, 0.29) is 61.2 Å². The molecule has 1 fully saturated rings. The van der Waals surface area contributed by atoms with Crippen molar-refractivity contribution >= 4 is 11.6 Å². The van der Waals surface area contributed by atoms with E-state index in [4.69, 9.17) is 5.73 Å². The number of nitrogens with two attached hydrogens (primary N) is 1. The first-order chi connectivity index (χ1) is 14.7. The fourth-order valence-electron chi connectivity index (χ4n) is 3.85. The molecule has 0 saturated heterocycles. The minimum atomic E-state index is -4.81. The van der Waals surface area contributed by atoms with Gasteiger partial charge in [-0.05, 0) is 51.2 Å². The molecule has 3 rings (SSSR count). The average molecular weight is 457 g/mol. The van der Waals surface area contributed by atoms with E-state index in [0.29, 0.717) is 0 Å². The average Bonchev–Trinajstić information content (AvgIpc) is 3.05. The van der Waals surface area contributed by atoms with Crippen LogP contribution < -0.4 is 11.1 Å². The second-order valence-electron chi connectivity index (χ2n) is 9.01. The van der Waals surface area contributed by atoms with Crippen LogP contribution >= 0.6 is 0 Å². The molecule has 1 saturated carbocycles. The van der Waals surface area contributed by atoms with Crippen LogP contribution in [0.1, 0.15) is 67.0 Å².